The zero-order valence-electron chi connectivity index (χ0n) is 7.38. The van der Waals surface area contributed by atoms with Gasteiger partial charge in [0.1, 0.15) is 0 Å². The van der Waals surface area contributed by atoms with E-state index in [0.29, 0.717) is 0 Å². The molecule has 0 radical (unpaired) electrons. The monoisotopic (exact) mass is 184 g/mol. The predicted molar refractivity (Wildman–Crippen MR) is 51.5 cm³/mol. The van der Waals surface area contributed by atoms with Gasteiger partial charge in [0.2, 0.25) is 0 Å². The zero-order chi connectivity index (χ0) is 8.97. The van der Waals surface area contributed by atoms with Gasteiger partial charge in [0.25, 0.3) is 0 Å². The molecule has 1 nitrogen and oxygen atoms in total. The summed E-state index contributed by atoms with van der Waals surface area (Å²) in [7, 11) is 1.72. The first kappa shape index (κ1) is 9.56. The molecule has 1 aromatic rings. The Kier molecular flexibility index (Phi) is 3.57. The van der Waals surface area contributed by atoms with Crippen molar-refractivity contribution in [3.05, 3.63) is 34.9 Å². The Labute approximate surface area is 78.3 Å². The Morgan fingerprint density at radius 1 is 1.33 bits per heavy atom. The standard InChI is InChI=1S/C10H13ClO/c1-3-10(12-2)8-4-6-9(11)7-5-8/h4-7,10H,3H2,1-2H3. The zero-order valence-corrected chi connectivity index (χ0v) is 8.14. The first-order valence-electron chi connectivity index (χ1n) is 4.06. The van der Waals surface area contributed by atoms with E-state index in [1.807, 2.05) is 24.3 Å². The van der Waals surface area contributed by atoms with Gasteiger partial charge >= 0.3 is 0 Å². The van der Waals surface area contributed by atoms with Crippen LogP contribution in [0.5, 0.6) is 0 Å². The van der Waals surface area contributed by atoms with Gasteiger partial charge in [-0.15, -0.1) is 0 Å². The molecule has 2 heteroatoms. The minimum Gasteiger partial charge on any atom is -0.377 e. The van der Waals surface area contributed by atoms with Crippen LogP contribution in [0.4, 0.5) is 0 Å². The first-order chi connectivity index (χ1) is 5.77. The van der Waals surface area contributed by atoms with E-state index >= 15 is 0 Å². The molecule has 0 bridgehead atoms. The van der Waals surface area contributed by atoms with Gasteiger partial charge in [0.05, 0.1) is 6.10 Å². The number of ether oxygens (including phenoxy) is 1. The van der Waals surface area contributed by atoms with E-state index in [-0.39, 0.29) is 6.10 Å². The van der Waals surface area contributed by atoms with E-state index < -0.39 is 0 Å². The summed E-state index contributed by atoms with van der Waals surface area (Å²) in [5, 5.41) is 0.768. The molecule has 1 rings (SSSR count). The van der Waals surface area contributed by atoms with Gasteiger partial charge in [-0.05, 0) is 24.1 Å². The van der Waals surface area contributed by atoms with Crippen molar-refractivity contribution < 1.29 is 4.74 Å². The van der Waals surface area contributed by atoms with Crippen LogP contribution in [-0.4, -0.2) is 7.11 Å². The van der Waals surface area contributed by atoms with Crippen molar-refractivity contribution in [1.82, 2.24) is 0 Å². The normalized spacial score (nSPS) is 12.9. The molecule has 0 fully saturated rings. The smallest absolute Gasteiger partial charge is 0.0818 e. The Bertz CT molecular complexity index is 226. The van der Waals surface area contributed by atoms with Gasteiger partial charge < -0.3 is 4.74 Å². The highest BCUT2D eigenvalue weighted by Gasteiger charge is 2.06. The Morgan fingerprint density at radius 2 is 1.92 bits per heavy atom. The van der Waals surface area contributed by atoms with Crippen LogP contribution in [0.2, 0.25) is 5.02 Å². The third-order valence-electron chi connectivity index (χ3n) is 1.90. The number of hydrogen-bond donors (Lipinski definition) is 0. The second kappa shape index (κ2) is 4.48. The lowest BCUT2D eigenvalue weighted by atomic mass is 10.1. The Hall–Kier alpha value is -0.530. The van der Waals surface area contributed by atoms with Gasteiger partial charge in [-0.25, -0.2) is 0 Å². The molecule has 0 heterocycles. The van der Waals surface area contributed by atoms with E-state index in [4.69, 9.17) is 16.3 Å². The van der Waals surface area contributed by atoms with Crippen molar-refractivity contribution in [2.45, 2.75) is 19.4 Å². The number of benzene rings is 1. The molecule has 1 unspecified atom stereocenters. The largest absolute Gasteiger partial charge is 0.377 e. The van der Waals surface area contributed by atoms with Crippen LogP contribution in [0.15, 0.2) is 24.3 Å². The molecule has 66 valence electrons. The third-order valence-corrected chi connectivity index (χ3v) is 2.15. The maximum Gasteiger partial charge on any atom is 0.0818 e. The summed E-state index contributed by atoms with van der Waals surface area (Å²) in [6, 6.07) is 7.77. The topological polar surface area (TPSA) is 9.23 Å². The molecule has 0 saturated heterocycles. The van der Waals surface area contributed by atoms with Crippen molar-refractivity contribution in [3.63, 3.8) is 0 Å². The molecule has 12 heavy (non-hydrogen) atoms. The summed E-state index contributed by atoms with van der Waals surface area (Å²) in [6.45, 7) is 2.10. The molecular formula is C10H13ClO. The van der Waals surface area contributed by atoms with Crippen LogP contribution in [-0.2, 0) is 4.74 Å². The minimum atomic E-state index is 0.197. The van der Waals surface area contributed by atoms with Gasteiger partial charge in [-0.3, -0.25) is 0 Å². The van der Waals surface area contributed by atoms with Gasteiger partial charge in [0, 0.05) is 12.1 Å². The highest BCUT2D eigenvalue weighted by Crippen LogP contribution is 2.21. The van der Waals surface area contributed by atoms with Crippen LogP contribution < -0.4 is 0 Å². The van der Waals surface area contributed by atoms with E-state index in [1.54, 1.807) is 7.11 Å². The van der Waals surface area contributed by atoms with E-state index in [0.717, 1.165) is 11.4 Å². The van der Waals surface area contributed by atoms with Gasteiger partial charge in [-0.2, -0.15) is 0 Å². The predicted octanol–water partition coefficient (Wildman–Crippen LogP) is 3.44. The maximum atomic E-state index is 5.76. The summed E-state index contributed by atoms with van der Waals surface area (Å²) >= 11 is 5.76. The Morgan fingerprint density at radius 3 is 2.33 bits per heavy atom. The lowest BCUT2D eigenvalue weighted by Crippen LogP contribution is -1.98. The van der Waals surface area contributed by atoms with Crippen LogP contribution in [0.3, 0.4) is 0 Å². The van der Waals surface area contributed by atoms with Crippen molar-refractivity contribution in [2.24, 2.45) is 0 Å². The van der Waals surface area contributed by atoms with Crippen LogP contribution in [0, 0.1) is 0 Å². The number of hydrogen-bond acceptors (Lipinski definition) is 1. The maximum absolute atomic E-state index is 5.76. The van der Waals surface area contributed by atoms with Gasteiger partial charge in [0.15, 0.2) is 0 Å². The molecule has 1 atom stereocenters. The van der Waals surface area contributed by atoms with Crippen molar-refractivity contribution in [2.75, 3.05) is 7.11 Å². The molecule has 0 N–H and O–H groups in total. The molecule has 0 aromatic heterocycles. The summed E-state index contributed by atoms with van der Waals surface area (Å²) in [6.07, 6.45) is 1.18. The summed E-state index contributed by atoms with van der Waals surface area (Å²) in [5.41, 5.74) is 1.18. The lowest BCUT2D eigenvalue weighted by molar-refractivity contribution is 0.100. The molecule has 0 saturated carbocycles. The highest BCUT2D eigenvalue weighted by atomic mass is 35.5. The van der Waals surface area contributed by atoms with E-state index in [1.165, 1.54) is 5.56 Å². The van der Waals surface area contributed by atoms with E-state index in [9.17, 15) is 0 Å². The fraction of sp³-hybridized carbons (Fsp3) is 0.400. The second-order valence-electron chi connectivity index (χ2n) is 2.68. The van der Waals surface area contributed by atoms with Crippen LogP contribution in [0.1, 0.15) is 25.0 Å². The van der Waals surface area contributed by atoms with Crippen molar-refractivity contribution >= 4 is 11.6 Å². The van der Waals surface area contributed by atoms with Crippen molar-refractivity contribution in [3.8, 4) is 0 Å². The quantitative estimate of drug-likeness (QED) is 0.700. The SMILES string of the molecule is CCC(OC)c1ccc(Cl)cc1. The summed E-state index contributed by atoms with van der Waals surface area (Å²) < 4.78 is 5.28. The van der Waals surface area contributed by atoms with Gasteiger partial charge in [-0.1, -0.05) is 30.7 Å². The molecule has 0 spiro atoms. The molecule has 0 aliphatic heterocycles. The highest BCUT2D eigenvalue weighted by molar-refractivity contribution is 6.30. The molecule has 0 amide bonds. The lowest BCUT2D eigenvalue weighted by Gasteiger charge is -2.12. The fourth-order valence-corrected chi connectivity index (χ4v) is 1.34. The summed E-state index contributed by atoms with van der Waals surface area (Å²) in [4.78, 5) is 0. The molecular weight excluding hydrogens is 172 g/mol. The minimum absolute atomic E-state index is 0.197. The van der Waals surface area contributed by atoms with Crippen LogP contribution in [0.25, 0.3) is 0 Å². The number of methoxy groups -OCH3 is 1. The number of rotatable bonds is 3. The third kappa shape index (κ3) is 2.23. The second-order valence-corrected chi connectivity index (χ2v) is 3.12. The van der Waals surface area contributed by atoms with Crippen LogP contribution >= 0.6 is 11.6 Å². The molecule has 0 aliphatic carbocycles. The fourth-order valence-electron chi connectivity index (χ4n) is 1.22. The average molecular weight is 185 g/mol. The number of halogens is 1. The summed E-state index contributed by atoms with van der Waals surface area (Å²) in [5.74, 6) is 0. The first-order valence-corrected chi connectivity index (χ1v) is 4.44. The average Bonchev–Trinajstić information content (AvgIpc) is 2.10. The van der Waals surface area contributed by atoms with E-state index in [2.05, 4.69) is 6.92 Å². The molecule has 1 aromatic carbocycles. The molecule has 0 aliphatic rings. The Balaban J connectivity index is 2.80. The van der Waals surface area contributed by atoms with Crippen molar-refractivity contribution in [1.29, 1.82) is 0 Å².